The van der Waals surface area contributed by atoms with E-state index in [0.29, 0.717) is 18.1 Å². The molecule has 2 aliphatic rings. The number of amides is 2. The van der Waals surface area contributed by atoms with Gasteiger partial charge in [-0.15, -0.1) is 0 Å². The second kappa shape index (κ2) is 10.7. The summed E-state index contributed by atoms with van der Waals surface area (Å²) in [5.41, 5.74) is 4.61. The van der Waals surface area contributed by atoms with E-state index in [2.05, 4.69) is 29.6 Å². The molecule has 0 spiro atoms. The molecule has 2 amide bonds. The summed E-state index contributed by atoms with van der Waals surface area (Å²) < 4.78 is 10.8. The Morgan fingerprint density at radius 3 is 2.39 bits per heavy atom. The van der Waals surface area contributed by atoms with Crippen LogP contribution < -0.4 is 5.32 Å². The summed E-state index contributed by atoms with van der Waals surface area (Å²) in [5.74, 6) is -0.290. The molecule has 33 heavy (non-hydrogen) atoms. The molecule has 1 fully saturated rings. The Balaban J connectivity index is 1.19. The number of aliphatic carboxylic acids is 1. The number of carboxylic acids is 1. The van der Waals surface area contributed by atoms with Gasteiger partial charge in [-0.05, 0) is 22.3 Å². The van der Waals surface area contributed by atoms with Gasteiger partial charge in [-0.25, -0.2) is 9.59 Å². The number of carbonyl (C=O) groups excluding carboxylic acids is 2. The highest BCUT2D eigenvalue weighted by molar-refractivity contribution is 7.99. The van der Waals surface area contributed by atoms with Crippen LogP contribution in [-0.2, 0) is 19.1 Å². The highest BCUT2D eigenvalue weighted by Gasteiger charge is 2.32. The van der Waals surface area contributed by atoms with Gasteiger partial charge in [0.1, 0.15) is 19.3 Å². The van der Waals surface area contributed by atoms with Crippen molar-refractivity contribution in [3.8, 4) is 11.1 Å². The fourth-order valence-electron chi connectivity index (χ4n) is 4.22. The Kier molecular flexibility index (Phi) is 7.51. The number of rotatable bonds is 8. The number of nitrogens with zero attached hydrogens (tertiary/aromatic N) is 1. The number of ether oxygens (including phenoxy) is 2. The zero-order valence-electron chi connectivity index (χ0n) is 18.1. The van der Waals surface area contributed by atoms with E-state index in [-0.39, 0.29) is 38.2 Å². The van der Waals surface area contributed by atoms with Crippen molar-refractivity contribution in [2.75, 3.05) is 44.4 Å². The van der Waals surface area contributed by atoms with Crippen molar-refractivity contribution in [2.45, 2.75) is 12.0 Å². The lowest BCUT2D eigenvalue weighted by atomic mass is 9.98. The number of carboxylic acid groups (broad SMARTS) is 1. The Labute approximate surface area is 196 Å². The van der Waals surface area contributed by atoms with Crippen molar-refractivity contribution in [1.82, 2.24) is 10.2 Å². The molecule has 4 rings (SSSR count). The molecule has 0 saturated carbocycles. The average Bonchev–Trinajstić information content (AvgIpc) is 3.16. The van der Waals surface area contributed by atoms with Gasteiger partial charge in [0, 0.05) is 30.5 Å². The van der Waals surface area contributed by atoms with Crippen LogP contribution in [0, 0.1) is 0 Å². The van der Waals surface area contributed by atoms with E-state index < -0.39 is 18.1 Å². The van der Waals surface area contributed by atoms with Crippen molar-refractivity contribution in [3.05, 3.63) is 59.7 Å². The van der Waals surface area contributed by atoms with Gasteiger partial charge in [-0.3, -0.25) is 4.79 Å². The maximum Gasteiger partial charge on any atom is 0.407 e. The number of hydrogen-bond acceptors (Lipinski definition) is 6. The first kappa shape index (κ1) is 23.1. The first-order chi connectivity index (χ1) is 16.1. The van der Waals surface area contributed by atoms with Crippen molar-refractivity contribution in [3.63, 3.8) is 0 Å². The fraction of sp³-hybridized carbons (Fsp3) is 0.375. The van der Waals surface area contributed by atoms with Crippen LogP contribution in [0.25, 0.3) is 11.1 Å². The molecule has 174 valence electrons. The molecule has 0 aromatic heterocycles. The number of hydrogen-bond donors (Lipinski definition) is 2. The van der Waals surface area contributed by atoms with Crippen LogP contribution in [0.15, 0.2) is 48.5 Å². The van der Waals surface area contributed by atoms with Crippen LogP contribution in [0.4, 0.5) is 4.79 Å². The lowest BCUT2D eigenvalue weighted by Crippen LogP contribution is -2.51. The van der Waals surface area contributed by atoms with E-state index in [1.807, 2.05) is 24.3 Å². The van der Waals surface area contributed by atoms with E-state index in [1.165, 1.54) is 16.7 Å². The van der Waals surface area contributed by atoms with Gasteiger partial charge >= 0.3 is 12.1 Å². The first-order valence-corrected chi connectivity index (χ1v) is 12.0. The Bertz CT molecular complexity index is 984. The van der Waals surface area contributed by atoms with Gasteiger partial charge < -0.3 is 24.8 Å². The average molecular weight is 471 g/mol. The highest BCUT2D eigenvalue weighted by Crippen LogP contribution is 2.44. The minimum absolute atomic E-state index is 0.0121. The molecular weight excluding hydrogens is 444 g/mol. The second-order valence-electron chi connectivity index (χ2n) is 7.82. The molecule has 1 saturated heterocycles. The third-order valence-electron chi connectivity index (χ3n) is 5.82. The molecule has 1 aliphatic carbocycles. The van der Waals surface area contributed by atoms with Crippen LogP contribution in [0.1, 0.15) is 17.0 Å². The molecule has 9 heteroatoms. The fourth-order valence-corrected chi connectivity index (χ4v) is 5.26. The summed E-state index contributed by atoms with van der Waals surface area (Å²) in [7, 11) is 0. The molecule has 1 unspecified atom stereocenters. The lowest BCUT2D eigenvalue weighted by Gasteiger charge is -2.32. The third-order valence-corrected chi connectivity index (χ3v) is 6.84. The van der Waals surface area contributed by atoms with Gasteiger partial charge in [0.2, 0.25) is 5.91 Å². The Hall–Kier alpha value is -3.04. The van der Waals surface area contributed by atoms with Crippen LogP contribution >= 0.6 is 11.8 Å². The number of alkyl carbamates (subject to hydrolysis) is 1. The van der Waals surface area contributed by atoms with Crippen molar-refractivity contribution >= 4 is 29.7 Å². The minimum Gasteiger partial charge on any atom is -0.480 e. The van der Waals surface area contributed by atoms with Crippen LogP contribution in [0.3, 0.4) is 0 Å². The maximum absolute atomic E-state index is 12.3. The molecular formula is C24H26N2O6S. The zero-order chi connectivity index (χ0) is 23.2. The van der Waals surface area contributed by atoms with Crippen LogP contribution in [-0.4, -0.2) is 78.4 Å². The quantitative estimate of drug-likeness (QED) is 0.572. The molecule has 0 radical (unpaired) electrons. The Morgan fingerprint density at radius 1 is 1.06 bits per heavy atom. The largest absolute Gasteiger partial charge is 0.480 e. The van der Waals surface area contributed by atoms with Gasteiger partial charge in [0.05, 0.1) is 6.61 Å². The van der Waals surface area contributed by atoms with Gasteiger partial charge in [0.25, 0.3) is 0 Å². The molecule has 0 bridgehead atoms. The number of fused-ring (bicyclic) bond motifs is 3. The highest BCUT2D eigenvalue weighted by atomic mass is 32.2. The summed E-state index contributed by atoms with van der Waals surface area (Å²) >= 11 is 1.52. The number of carbonyl (C=O) groups is 3. The summed E-state index contributed by atoms with van der Waals surface area (Å²) in [6, 6.07) is 15.4. The third kappa shape index (κ3) is 5.31. The van der Waals surface area contributed by atoms with Crippen molar-refractivity contribution in [1.29, 1.82) is 0 Å². The van der Waals surface area contributed by atoms with Gasteiger partial charge in [-0.1, -0.05) is 48.5 Å². The SMILES string of the molecule is O=C(NCCOCC(=O)N1CCSCC1C(=O)O)OCC1c2ccccc2-c2ccccc21. The monoisotopic (exact) mass is 470 g/mol. The van der Waals surface area contributed by atoms with E-state index in [9.17, 15) is 19.5 Å². The summed E-state index contributed by atoms with van der Waals surface area (Å²) in [6.07, 6.45) is -0.550. The number of nitrogens with one attached hydrogen (secondary N) is 1. The summed E-state index contributed by atoms with van der Waals surface area (Å²) in [6.45, 7) is 0.698. The zero-order valence-corrected chi connectivity index (χ0v) is 18.9. The molecule has 2 aromatic rings. The molecule has 8 nitrogen and oxygen atoms in total. The molecule has 2 aromatic carbocycles. The normalized spacial score (nSPS) is 17.2. The topological polar surface area (TPSA) is 105 Å². The standard InChI is InChI=1S/C24H26N2O6S/c27-22(26-10-12-33-15-21(26)23(28)29)14-31-11-9-25-24(30)32-13-20-18-7-3-1-5-16(18)17-6-2-4-8-19(17)20/h1-8,20-21H,9-15H2,(H,25,30)(H,28,29). The molecule has 2 N–H and O–H groups in total. The number of benzene rings is 2. The second-order valence-corrected chi connectivity index (χ2v) is 8.97. The summed E-state index contributed by atoms with van der Waals surface area (Å²) in [5, 5.41) is 11.9. The van der Waals surface area contributed by atoms with E-state index in [4.69, 9.17) is 9.47 Å². The molecule has 1 aliphatic heterocycles. The van der Waals surface area contributed by atoms with Crippen LogP contribution in [0.2, 0.25) is 0 Å². The maximum atomic E-state index is 12.3. The van der Waals surface area contributed by atoms with Crippen molar-refractivity contribution in [2.24, 2.45) is 0 Å². The van der Waals surface area contributed by atoms with E-state index in [0.717, 1.165) is 22.3 Å². The number of thioether (sulfide) groups is 1. The summed E-state index contributed by atoms with van der Waals surface area (Å²) in [4.78, 5) is 37.1. The smallest absolute Gasteiger partial charge is 0.407 e. The predicted molar refractivity (Wildman–Crippen MR) is 124 cm³/mol. The minimum atomic E-state index is -1.01. The van der Waals surface area contributed by atoms with Gasteiger partial charge in [-0.2, -0.15) is 11.8 Å². The van der Waals surface area contributed by atoms with Crippen molar-refractivity contribution < 1.29 is 29.0 Å². The molecule has 1 atom stereocenters. The van der Waals surface area contributed by atoms with E-state index >= 15 is 0 Å². The molecule has 1 heterocycles. The van der Waals surface area contributed by atoms with Gasteiger partial charge in [0.15, 0.2) is 0 Å². The van der Waals surface area contributed by atoms with Crippen LogP contribution in [0.5, 0.6) is 0 Å². The predicted octanol–water partition coefficient (Wildman–Crippen LogP) is 2.57. The lowest BCUT2D eigenvalue weighted by molar-refractivity contribution is -0.151. The Morgan fingerprint density at radius 2 is 1.73 bits per heavy atom. The van der Waals surface area contributed by atoms with E-state index in [1.54, 1.807) is 0 Å². The first-order valence-electron chi connectivity index (χ1n) is 10.8.